The molecule has 5 heteroatoms. The lowest BCUT2D eigenvalue weighted by Gasteiger charge is -2.10. The van der Waals surface area contributed by atoms with Crippen LogP contribution in [0.2, 0.25) is 5.02 Å². The van der Waals surface area contributed by atoms with Crippen LogP contribution in [0.4, 0.5) is 0 Å². The monoisotopic (exact) mass is 274 g/mol. The van der Waals surface area contributed by atoms with Crippen LogP contribution in [-0.4, -0.2) is 17.1 Å². The maximum atomic E-state index is 11.3. The average Bonchev–Trinajstić information content (AvgIpc) is 2.77. The molecule has 1 heterocycles. The van der Waals surface area contributed by atoms with Gasteiger partial charge in [0.05, 0.1) is 23.2 Å². The van der Waals surface area contributed by atoms with E-state index in [1.165, 1.54) is 0 Å². The maximum absolute atomic E-state index is 11.3. The number of nitrogens with one attached hydrogen (secondary N) is 2. The third-order valence-electron chi connectivity index (χ3n) is 3.00. The minimum atomic E-state index is -0.224. The quantitative estimate of drug-likeness (QED) is 0.754. The molecule has 2 N–H and O–H groups in total. The number of aromatic amines is 2. The molecule has 2 aromatic carbocycles. The molecule has 0 aliphatic carbocycles. The SMILES string of the molecule is COc1cccc(Cl)c1-c1ccc2[nH]c(=O)[nH]c2c1. The van der Waals surface area contributed by atoms with Crippen LogP contribution < -0.4 is 10.4 Å². The third kappa shape index (κ3) is 2.00. The lowest BCUT2D eigenvalue weighted by Crippen LogP contribution is -1.99. The Bertz CT molecular complexity index is 805. The molecule has 0 bridgehead atoms. The normalized spacial score (nSPS) is 10.8. The first-order valence-electron chi connectivity index (χ1n) is 5.74. The second kappa shape index (κ2) is 4.48. The Balaban J connectivity index is 2.26. The van der Waals surface area contributed by atoms with Crippen molar-refractivity contribution in [3.8, 4) is 16.9 Å². The molecule has 4 nitrogen and oxygen atoms in total. The van der Waals surface area contributed by atoms with Crippen molar-refractivity contribution in [2.75, 3.05) is 7.11 Å². The predicted molar refractivity (Wildman–Crippen MR) is 75.9 cm³/mol. The van der Waals surface area contributed by atoms with Gasteiger partial charge in [-0.05, 0) is 29.8 Å². The largest absolute Gasteiger partial charge is 0.496 e. The van der Waals surface area contributed by atoms with Gasteiger partial charge in [-0.1, -0.05) is 23.7 Å². The summed E-state index contributed by atoms with van der Waals surface area (Å²) in [5.41, 5.74) is 2.99. The van der Waals surface area contributed by atoms with E-state index in [2.05, 4.69) is 9.97 Å². The fraction of sp³-hybridized carbons (Fsp3) is 0.0714. The molecule has 3 rings (SSSR count). The van der Waals surface area contributed by atoms with Gasteiger partial charge in [0.15, 0.2) is 0 Å². The van der Waals surface area contributed by atoms with Gasteiger partial charge in [-0.3, -0.25) is 0 Å². The minimum Gasteiger partial charge on any atom is -0.496 e. The number of H-pyrrole nitrogens is 2. The molecule has 0 atom stereocenters. The van der Waals surface area contributed by atoms with Crippen molar-refractivity contribution in [3.05, 3.63) is 51.9 Å². The van der Waals surface area contributed by atoms with E-state index in [9.17, 15) is 4.79 Å². The van der Waals surface area contributed by atoms with Gasteiger partial charge in [0.2, 0.25) is 0 Å². The van der Waals surface area contributed by atoms with Gasteiger partial charge in [0.25, 0.3) is 0 Å². The predicted octanol–water partition coefficient (Wildman–Crippen LogP) is 3.19. The van der Waals surface area contributed by atoms with Gasteiger partial charge >= 0.3 is 5.69 Å². The van der Waals surface area contributed by atoms with Crippen molar-refractivity contribution < 1.29 is 4.74 Å². The van der Waals surface area contributed by atoms with Gasteiger partial charge in [0.1, 0.15) is 5.75 Å². The number of imidazole rings is 1. The Morgan fingerprint density at radius 3 is 2.68 bits per heavy atom. The zero-order chi connectivity index (χ0) is 13.4. The van der Waals surface area contributed by atoms with Crippen molar-refractivity contribution in [1.82, 2.24) is 9.97 Å². The zero-order valence-electron chi connectivity index (χ0n) is 10.2. The van der Waals surface area contributed by atoms with E-state index in [0.717, 1.165) is 22.2 Å². The summed E-state index contributed by atoms with van der Waals surface area (Å²) in [4.78, 5) is 16.7. The molecule has 0 unspecified atom stereocenters. The van der Waals surface area contributed by atoms with Crippen LogP contribution in [0.15, 0.2) is 41.2 Å². The first kappa shape index (κ1) is 11.9. The maximum Gasteiger partial charge on any atom is 0.323 e. The molecule has 19 heavy (non-hydrogen) atoms. The molecular weight excluding hydrogens is 264 g/mol. The van der Waals surface area contributed by atoms with Gasteiger partial charge in [0, 0.05) is 5.56 Å². The summed E-state index contributed by atoms with van der Waals surface area (Å²) in [5, 5.41) is 0.608. The van der Waals surface area contributed by atoms with Crippen LogP contribution in [0, 0.1) is 0 Å². The summed E-state index contributed by atoms with van der Waals surface area (Å²) >= 11 is 6.24. The zero-order valence-corrected chi connectivity index (χ0v) is 10.9. The number of halogens is 1. The molecule has 0 aliphatic rings. The number of methoxy groups -OCH3 is 1. The molecule has 3 aromatic rings. The number of hydrogen-bond donors (Lipinski definition) is 2. The van der Waals surface area contributed by atoms with Crippen LogP contribution in [-0.2, 0) is 0 Å². The van der Waals surface area contributed by atoms with Gasteiger partial charge in [-0.25, -0.2) is 4.79 Å². The number of ether oxygens (including phenoxy) is 1. The van der Waals surface area contributed by atoms with Crippen molar-refractivity contribution in [2.45, 2.75) is 0 Å². The smallest absolute Gasteiger partial charge is 0.323 e. The number of hydrogen-bond acceptors (Lipinski definition) is 2. The molecule has 0 spiro atoms. The molecule has 96 valence electrons. The highest BCUT2D eigenvalue weighted by Crippen LogP contribution is 2.36. The van der Waals surface area contributed by atoms with E-state index >= 15 is 0 Å². The van der Waals surface area contributed by atoms with Gasteiger partial charge in [-0.15, -0.1) is 0 Å². The molecular formula is C14H11ClN2O2. The van der Waals surface area contributed by atoms with E-state index in [1.807, 2.05) is 36.4 Å². The summed E-state index contributed by atoms with van der Waals surface area (Å²) in [6, 6.07) is 11.1. The first-order valence-corrected chi connectivity index (χ1v) is 6.12. The summed E-state index contributed by atoms with van der Waals surface area (Å²) < 4.78 is 5.33. The number of aromatic nitrogens is 2. The highest BCUT2D eigenvalue weighted by Gasteiger charge is 2.11. The average molecular weight is 275 g/mol. The number of fused-ring (bicyclic) bond motifs is 1. The number of benzene rings is 2. The second-order valence-electron chi connectivity index (χ2n) is 4.16. The van der Waals surface area contributed by atoms with E-state index in [4.69, 9.17) is 16.3 Å². The van der Waals surface area contributed by atoms with Crippen molar-refractivity contribution >= 4 is 22.6 Å². The van der Waals surface area contributed by atoms with E-state index in [-0.39, 0.29) is 5.69 Å². The Hall–Kier alpha value is -2.20. The Labute approximate surface area is 114 Å². The Kier molecular flexibility index (Phi) is 2.80. The third-order valence-corrected chi connectivity index (χ3v) is 3.31. The first-order chi connectivity index (χ1) is 9.19. The summed E-state index contributed by atoms with van der Waals surface area (Å²) in [7, 11) is 1.60. The molecule has 0 fully saturated rings. The highest BCUT2D eigenvalue weighted by molar-refractivity contribution is 6.33. The Morgan fingerprint density at radius 2 is 1.89 bits per heavy atom. The van der Waals surface area contributed by atoms with Crippen LogP contribution in [0.5, 0.6) is 5.75 Å². The molecule has 0 radical (unpaired) electrons. The lowest BCUT2D eigenvalue weighted by atomic mass is 10.0. The van der Waals surface area contributed by atoms with Gasteiger partial charge in [-0.2, -0.15) is 0 Å². The summed E-state index contributed by atoms with van der Waals surface area (Å²) in [5.74, 6) is 0.699. The minimum absolute atomic E-state index is 0.224. The second-order valence-corrected chi connectivity index (χ2v) is 4.56. The van der Waals surface area contributed by atoms with Crippen LogP contribution in [0.1, 0.15) is 0 Å². The summed E-state index contributed by atoms with van der Waals surface area (Å²) in [6.07, 6.45) is 0. The van der Waals surface area contributed by atoms with Gasteiger partial charge < -0.3 is 14.7 Å². The van der Waals surface area contributed by atoms with Crippen molar-refractivity contribution in [1.29, 1.82) is 0 Å². The topological polar surface area (TPSA) is 57.9 Å². The Morgan fingerprint density at radius 1 is 1.11 bits per heavy atom. The molecule has 1 aromatic heterocycles. The fourth-order valence-corrected chi connectivity index (χ4v) is 2.42. The highest BCUT2D eigenvalue weighted by atomic mass is 35.5. The molecule has 0 saturated heterocycles. The molecule has 0 amide bonds. The standard InChI is InChI=1S/C14H11ClN2O2/c1-19-12-4-2-3-9(15)13(12)8-5-6-10-11(7-8)17-14(18)16-10/h2-7H,1H3,(H2,16,17,18). The number of rotatable bonds is 2. The van der Waals surface area contributed by atoms with Crippen LogP contribution in [0.25, 0.3) is 22.2 Å². The lowest BCUT2D eigenvalue weighted by molar-refractivity contribution is 0.416. The van der Waals surface area contributed by atoms with Crippen LogP contribution in [0.3, 0.4) is 0 Å². The van der Waals surface area contributed by atoms with E-state index in [0.29, 0.717) is 10.8 Å². The summed E-state index contributed by atoms with van der Waals surface area (Å²) in [6.45, 7) is 0. The van der Waals surface area contributed by atoms with Crippen molar-refractivity contribution in [2.24, 2.45) is 0 Å². The fourth-order valence-electron chi connectivity index (χ4n) is 2.14. The van der Waals surface area contributed by atoms with E-state index in [1.54, 1.807) is 7.11 Å². The molecule has 0 saturated carbocycles. The van der Waals surface area contributed by atoms with Crippen molar-refractivity contribution in [3.63, 3.8) is 0 Å². The molecule has 0 aliphatic heterocycles. The van der Waals surface area contributed by atoms with E-state index < -0.39 is 0 Å². The van der Waals surface area contributed by atoms with Crippen LogP contribution >= 0.6 is 11.6 Å².